The van der Waals surface area contributed by atoms with Crippen LogP contribution < -0.4 is 10.1 Å². The molecule has 26 heavy (non-hydrogen) atoms. The SMILES string of the molecule is O=C(N[C@@H]1CCC[C@@H]2OCC[C@@H]21)c1cccc(OCc2cccnc2)c1. The molecule has 1 aliphatic heterocycles. The van der Waals surface area contributed by atoms with E-state index >= 15 is 0 Å². The van der Waals surface area contributed by atoms with Crippen molar-refractivity contribution in [3.05, 3.63) is 59.9 Å². The van der Waals surface area contributed by atoms with Crippen molar-refractivity contribution in [3.63, 3.8) is 0 Å². The van der Waals surface area contributed by atoms with Crippen LogP contribution in [0.25, 0.3) is 0 Å². The van der Waals surface area contributed by atoms with Crippen molar-refractivity contribution in [3.8, 4) is 5.75 Å². The number of hydrogen-bond acceptors (Lipinski definition) is 4. The van der Waals surface area contributed by atoms with E-state index in [0.717, 1.165) is 37.9 Å². The van der Waals surface area contributed by atoms with Crippen molar-refractivity contribution < 1.29 is 14.3 Å². The standard InChI is InChI=1S/C21H24N2O3/c24-21(23-19-7-2-8-20-18(19)9-11-25-20)16-5-1-6-17(12-16)26-14-15-4-3-10-22-13-15/h1,3-6,10,12-13,18-20H,2,7-9,11,14H2,(H,23,24)/t18-,19-,20+/m1/s1. The topological polar surface area (TPSA) is 60.5 Å². The number of amides is 1. The van der Waals surface area contributed by atoms with Gasteiger partial charge in [-0.15, -0.1) is 0 Å². The van der Waals surface area contributed by atoms with Crippen LogP contribution in [-0.4, -0.2) is 29.6 Å². The summed E-state index contributed by atoms with van der Waals surface area (Å²) in [5, 5.41) is 3.22. The highest BCUT2D eigenvalue weighted by Crippen LogP contribution is 2.34. The number of rotatable bonds is 5. The third-order valence-electron chi connectivity index (χ3n) is 5.32. The first-order valence-electron chi connectivity index (χ1n) is 9.34. The van der Waals surface area contributed by atoms with Gasteiger partial charge in [0.05, 0.1) is 6.10 Å². The Morgan fingerprint density at radius 2 is 2.19 bits per heavy atom. The van der Waals surface area contributed by atoms with Gasteiger partial charge in [-0.1, -0.05) is 12.1 Å². The van der Waals surface area contributed by atoms with Gasteiger partial charge in [0, 0.05) is 42.1 Å². The number of aromatic nitrogens is 1. The van der Waals surface area contributed by atoms with Crippen LogP contribution in [0.4, 0.5) is 0 Å². The van der Waals surface area contributed by atoms with Crippen molar-refractivity contribution in [2.75, 3.05) is 6.61 Å². The van der Waals surface area contributed by atoms with Gasteiger partial charge in [-0.3, -0.25) is 9.78 Å². The van der Waals surface area contributed by atoms with Gasteiger partial charge in [0.15, 0.2) is 0 Å². The van der Waals surface area contributed by atoms with E-state index in [-0.39, 0.29) is 11.9 Å². The van der Waals surface area contributed by atoms with Crippen LogP contribution in [0.15, 0.2) is 48.8 Å². The second kappa shape index (κ2) is 7.87. The van der Waals surface area contributed by atoms with Crippen molar-refractivity contribution in [2.45, 2.75) is 44.4 Å². The van der Waals surface area contributed by atoms with E-state index in [1.54, 1.807) is 18.5 Å². The highest BCUT2D eigenvalue weighted by Gasteiger charge is 2.38. The maximum atomic E-state index is 12.7. The van der Waals surface area contributed by atoms with E-state index in [1.807, 2.05) is 30.3 Å². The minimum atomic E-state index is -0.0330. The molecule has 1 aliphatic carbocycles. The first kappa shape index (κ1) is 17.0. The molecule has 1 amide bonds. The number of hydrogen-bond donors (Lipinski definition) is 1. The minimum Gasteiger partial charge on any atom is -0.489 e. The summed E-state index contributed by atoms with van der Waals surface area (Å²) < 4.78 is 11.6. The maximum Gasteiger partial charge on any atom is 0.251 e. The van der Waals surface area contributed by atoms with Crippen molar-refractivity contribution in [2.24, 2.45) is 5.92 Å². The molecule has 2 aromatic rings. The lowest BCUT2D eigenvalue weighted by Crippen LogP contribution is -2.45. The minimum absolute atomic E-state index is 0.0330. The van der Waals surface area contributed by atoms with Gasteiger partial charge < -0.3 is 14.8 Å². The van der Waals surface area contributed by atoms with Gasteiger partial charge in [-0.2, -0.15) is 0 Å². The monoisotopic (exact) mass is 352 g/mol. The number of carbonyl (C=O) groups excluding carboxylic acids is 1. The van der Waals surface area contributed by atoms with Crippen LogP contribution in [0.2, 0.25) is 0 Å². The summed E-state index contributed by atoms with van der Waals surface area (Å²) in [7, 11) is 0. The Kier molecular flexibility index (Phi) is 5.16. The summed E-state index contributed by atoms with van der Waals surface area (Å²) in [5.41, 5.74) is 1.63. The molecule has 1 saturated carbocycles. The third-order valence-corrected chi connectivity index (χ3v) is 5.32. The molecular weight excluding hydrogens is 328 g/mol. The fourth-order valence-electron chi connectivity index (χ4n) is 3.98. The van der Waals surface area contributed by atoms with Crippen LogP contribution in [-0.2, 0) is 11.3 Å². The highest BCUT2D eigenvalue weighted by atomic mass is 16.5. The van der Waals surface area contributed by atoms with Gasteiger partial charge in [0.2, 0.25) is 0 Å². The van der Waals surface area contributed by atoms with E-state index in [9.17, 15) is 4.79 Å². The molecule has 5 nitrogen and oxygen atoms in total. The molecule has 1 aromatic carbocycles. The number of ether oxygens (including phenoxy) is 2. The lowest BCUT2D eigenvalue weighted by Gasteiger charge is -2.33. The van der Waals surface area contributed by atoms with Crippen LogP contribution in [0.3, 0.4) is 0 Å². The average Bonchev–Trinajstić information content (AvgIpc) is 3.17. The smallest absolute Gasteiger partial charge is 0.251 e. The number of nitrogens with one attached hydrogen (secondary N) is 1. The van der Waals surface area contributed by atoms with Gasteiger partial charge in [0.1, 0.15) is 12.4 Å². The Labute approximate surface area is 153 Å². The van der Waals surface area contributed by atoms with Crippen LogP contribution in [0.1, 0.15) is 41.6 Å². The molecule has 1 N–H and O–H groups in total. The lowest BCUT2D eigenvalue weighted by atomic mass is 9.81. The van der Waals surface area contributed by atoms with Crippen LogP contribution in [0.5, 0.6) is 5.75 Å². The van der Waals surface area contributed by atoms with Crippen LogP contribution >= 0.6 is 0 Å². The number of carbonyl (C=O) groups is 1. The number of pyridine rings is 1. The van der Waals surface area contributed by atoms with Gasteiger partial charge in [-0.25, -0.2) is 0 Å². The van der Waals surface area contributed by atoms with E-state index < -0.39 is 0 Å². The van der Waals surface area contributed by atoms with Gasteiger partial charge in [-0.05, 0) is 49.9 Å². The van der Waals surface area contributed by atoms with Crippen LogP contribution in [0, 0.1) is 5.92 Å². The summed E-state index contributed by atoms with van der Waals surface area (Å²) in [4.78, 5) is 16.8. The lowest BCUT2D eigenvalue weighted by molar-refractivity contribution is 0.0510. The molecule has 3 atom stereocenters. The molecule has 1 saturated heterocycles. The molecule has 136 valence electrons. The fraction of sp³-hybridized carbons (Fsp3) is 0.429. The van der Waals surface area contributed by atoms with E-state index in [2.05, 4.69) is 10.3 Å². The van der Waals surface area contributed by atoms with Gasteiger partial charge >= 0.3 is 0 Å². The maximum absolute atomic E-state index is 12.7. The van der Waals surface area contributed by atoms with E-state index in [1.165, 1.54) is 0 Å². The third kappa shape index (κ3) is 3.88. The largest absolute Gasteiger partial charge is 0.489 e. The molecule has 0 radical (unpaired) electrons. The Hall–Kier alpha value is -2.40. The first-order valence-corrected chi connectivity index (χ1v) is 9.34. The molecular formula is C21H24N2O3. The van der Waals surface area contributed by atoms with E-state index in [4.69, 9.17) is 9.47 Å². The van der Waals surface area contributed by atoms with Crippen molar-refractivity contribution in [1.82, 2.24) is 10.3 Å². The average molecular weight is 352 g/mol. The molecule has 2 aliphatic rings. The van der Waals surface area contributed by atoms with Crippen molar-refractivity contribution in [1.29, 1.82) is 0 Å². The summed E-state index contributed by atoms with van der Waals surface area (Å²) in [6.45, 7) is 1.25. The predicted octanol–water partition coefficient (Wildman–Crippen LogP) is 3.35. The number of nitrogens with zero attached hydrogens (tertiary/aromatic N) is 1. The molecule has 2 fully saturated rings. The molecule has 4 rings (SSSR count). The Morgan fingerprint density at radius 3 is 3.08 bits per heavy atom. The summed E-state index contributed by atoms with van der Waals surface area (Å²) in [6.07, 6.45) is 8.15. The van der Waals surface area contributed by atoms with Crippen molar-refractivity contribution >= 4 is 5.91 Å². The Morgan fingerprint density at radius 1 is 1.23 bits per heavy atom. The summed E-state index contributed by atoms with van der Waals surface area (Å²) >= 11 is 0. The second-order valence-electron chi connectivity index (χ2n) is 7.05. The number of benzene rings is 1. The second-order valence-corrected chi connectivity index (χ2v) is 7.05. The highest BCUT2D eigenvalue weighted by molar-refractivity contribution is 5.94. The quantitative estimate of drug-likeness (QED) is 0.896. The molecule has 5 heteroatoms. The first-order chi connectivity index (χ1) is 12.8. The normalized spacial score (nSPS) is 24.7. The zero-order valence-electron chi connectivity index (χ0n) is 14.8. The number of fused-ring (bicyclic) bond motifs is 1. The molecule has 0 bridgehead atoms. The Bertz CT molecular complexity index is 750. The summed E-state index contributed by atoms with van der Waals surface area (Å²) in [6, 6.07) is 11.4. The predicted molar refractivity (Wildman–Crippen MR) is 98.0 cm³/mol. The Balaban J connectivity index is 1.38. The zero-order chi connectivity index (χ0) is 17.8. The van der Waals surface area contributed by atoms with E-state index in [0.29, 0.717) is 29.9 Å². The summed E-state index contributed by atoms with van der Waals surface area (Å²) in [5.74, 6) is 1.11. The molecule has 1 aromatic heterocycles. The molecule has 0 spiro atoms. The van der Waals surface area contributed by atoms with Gasteiger partial charge in [0.25, 0.3) is 5.91 Å². The zero-order valence-corrected chi connectivity index (χ0v) is 14.8. The fourth-order valence-corrected chi connectivity index (χ4v) is 3.98. The molecule has 0 unspecified atom stereocenters. The molecule has 2 heterocycles.